The topological polar surface area (TPSA) is 24.1 Å². The third-order valence-electron chi connectivity index (χ3n) is 3.40. The quantitative estimate of drug-likeness (QED) is 0.881. The molecule has 94 valence electrons. The maximum Gasteiger partial charge on any atom is 0.0216 e. The van der Waals surface area contributed by atoms with E-state index in [4.69, 9.17) is 0 Å². The van der Waals surface area contributed by atoms with Gasteiger partial charge in [0.2, 0.25) is 0 Å². The Kier molecular flexibility index (Phi) is 3.74. The van der Waals surface area contributed by atoms with Gasteiger partial charge in [0.15, 0.2) is 0 Å². The second-order valence-electron chi connectivity index (χ2n) is 4.76. The molecule has 2 nitrogen and oxygen atoms in total. The third kappa shape index (κ3) is 2.80. The SMILES string of the molecule is c1cc(CNCc2ccc3c(c2)CNCC3)cs1. The van der Waals surface area contributed by atoms with Gasteiger partial charge in [-0.1, -0.05) is 18.2 Å². The van der Waals surface area contributed by atoms with E-state index < -0.39 is 0 Å². The molecule has 2 aromatic rings. The van der Waals surface area contributed by atoms with E-state index in [0.717, 1.165) is 32.6 Å². The summed E-state index contributed by atoms with van der Waals surface area (Å²) in [4.78, 5) is 0. The highest BCUT2D eigenvalue weighted by atomic mass is 32.1. The minimum absolute atomic E-state index is 0.948. The maximum atomic E-state index is 3.50. The van der Waals surface area contributed by atoms with Crippen molar-refractivity contribution in [3.05, 3.63) is 57.3 Å². The molecular formula is C15H18N2S. The summed E-state index contributed by atoms with van der Waals surface area (Å²) in [6, 6.07) is 9.05. The average molecular weight is 258 g/mol. The number of fused-ring (bicyclic) bond motifs is 1. The Morgan fingerprint density at radius 3 is 2.94 bits per heavy atom. The van der Waals surface area contributed by atoms with Crippen LogP contribution < -0.4 is 10.6 Å². The Bertz CT molecular complexity index is 505. The van der Waals surface area contributed by atoms with Gasteiger partial charge in [-0.25, -0.2) is 0 Å². The average Bonchev–Trinajstić information content (AvgIpc) is 2.92. The Hall–Kier alpha value is -1.16. The van der Waals surface area contributed by atoms with Crippen LogP contribution in [0.15, 0.2) is 35.0 Å². The molecule has 1 aromatic carbocycles. The van der Waals surface area contributed by atoms with Crippen molar-refractivity contribution >= 4 is 11.3 Å². The largest absolute Gasteiger partial charge is 0.312 e. The fourth-order valence-electron chi connectivity index (χ4n) is 2.39. The van der Waals surface area contributed by atoms with E-state index in [1.54, 1.807) is 11.3 Å². The monoisotopic (exact) mass is 258 g/mol. The van der Waals surface area contributed by atoms with Crippen molar-refractivity contribution in [2.45, 2.75) is 26.1 Å². The number of hydrogen-bond acceptors (Lipinski definition) is 3. The van der Waals surface area contributed by atoms with E-state index in [1.807, 2.05) is 0 Å². The standard InChI is InChI=1S/C15H18N2S/c1-2-14-3-5-16-10-15(14)7-12(1)8-17-9-13-4-6-18-11-13/h1-2,4,6-7,11,16-17H,3,5,8-10H2. The fourth-order valence-corrected chi connectivity index (χ4v) is 3.06. The van der Waals surface area contributed by atoms with Gasteiger partial charge < -0.3 is 10.6 Å². The van der Waals surface area contributed by atoms with Crippen LogP contribution in [0.3, 0.4) is 0 Å². The molecule has 3 rings (SSSR count). The molecule has 0 radical (unpaired) electrons. The van der Waals surface area contributed by atoms with Crippen molar-refractivity contribution in [1.82, 2.24) is 10.6 Å². The van der Waals surface area contributed by atoms with Crippen molar-refractivity contribution in [2.24, 2.45) is 0 Å². The van der Waals surface area contributed by atoms with Crippen LogP contribution in [0.2, 0.25) is 0 Å². The Balaban J connectivity index is 1.59. The first kappa shape index (κ1) is 11.9. The fraction of sp³-hybridized carbons (Fsp3) is 0.333. The van der Waals surface area contributed by atoms with Gasteiger partial charge in [0.1, 0.15) is 0 Å². The molecule has 0 saturated carbocycles. The van der Waals surface area contributed by atoms with E-state index in [1.165, 1.54) is 22.3 Å². The van der Waals surface area contributed by atoms with E-state index in [2.05, 4.69) is 45.7 Å². The summed E-state index contributed by atoms with van der Waals surface area (Å²) in [6.45, 7) is 4.04. The maximum absolute atomic E-state index is 3.50. The summed E-state index contributed by atoms with van der Waals surface area (Å²) in [6.07, 6.45) is 1.16. The van der Waals surface area contributed by atoms with Crippen LogP contribution in [0.5, 0.6) is 0 Å². The molecule has 0 fully saturated rings. The zero-order chi connectivity index (χ0) is 12.2. The van der Waals surface area contributed by atoms with E-state index in [0.29, 0.717) is 0 Å². The first-order valence-corrected chi connectivity index (χ1v) is 7.39. The summed E-state index contributed by atoms with van der Waals surface area (Å²) in [7, 11) is 0. The highest BCUT2D eigenvalue weighted by Gasteiger charge is 2.08. The minimum atomic E-state index is 0.948. The van der Waals surface area contributed by atoms with Gasteiger partial charge in [-0.3, -0.25) is 0 Å². The summed E-state index contributed by atoms with van der Waals surface area (Å²) >= 11 is 1.76. The van der Waals surface area contributed by atoms with Crippen molar-refractivity contribution in [2.75, 3.05) is 6.54 Å². The predicted octanol–water partition coefficient (Wildman–Crippen LogP) is 2.68. The molecule has 1 aromatic heterocycles. The highest BCUT2D eigenvalue weighted by molar-refractivity contribution is 7.07. The number of nitrogens with one attached hydrogen (secondary N) is 2. The van der Waals surface area contributed by atoms with Crippen LogP contribution in [0.25, 0.3) is 0 Å². The van der Waals surface area contributed by atoms with Crippen LogP contribution in [0.1, 0.15) is 22.3 Å². The number of hydrogen-bond donors (Lipinski definition) is 2. The molecule has 0 amide bonds. The van der Waals surface area contributed by atoms with E-state index in [9.17, 15) is 0 Å². The van der Waals surface area contributed by atoms with Gasteiger partial charge in [0, 0.05) is 19.6 Å². The number of benzene rings is 1. The minimum Gasteiger partial charge on any atom is -0.312 e. The zero-order valence-electron chi connectivity index (χ0n) is 10.4. The molecule has 18 heavy (non-hydrogen) atoms. The molecule has 1 aliphatic rings. The van der Waals surface area contributed by atoms with Gasteiger partial charge >= 0.3 is 0 Å². The van der Waals surface area contributed by atoms with Crippen LogP contribution in [-0.4, -0.2) is 6.54 Å². The van der Waals surface area contributed by atoms with Crippen molar-refractivity contribution < 1.29 is 0 Å². The summed E-state index contributed by atoms with van der Waals surface area (Å²) < 4.78 is 0. The van der Waals surface area contributed by atoms with Gasteiger partial charge in [-0.2, -0.15) is 11.3 Å². The van der Waals surface area contributed by atoms with E-state index in [-0.39, 0.29) is 0 Å². The third-order valence-corrected chi connectivity index (χ3v) is 4.13. The predicted molar refractivity (Wildman–Crippen MR) is 76.7 cm³/mol. The normalized spacial score (nSPS) is 14.4. The number of rotatable bonds is 4. The molecule has 2 N–H and O–H groups in total. The molecule has 2 heterocycles. The highest BCUT2D eigenvalue weighted by Crippen LogP contribution is 2.16. The molecule has 0 spiro atoms. The van der Waals surface area contributed by atoms with Crippen molar-refractivity contribution in [1.29, 1.82) is 0 Å². The van der Waals surface area contributed by atoms with Crippen molar-refractivity contribution in [3.8, 4) is 0 Å². The smallest absolute Gasteiger partial charge is 0.0216 e. The lowest BCUT2D eigenvalue weighted by Crippen LogP contribution is -2.24. The summed E-state index contributed by atoms with van der Waals surface area (Å²) in [5, 5.41) is 11.2. The van der Waals surface area contributed by atoms with Gasteiger partial charge in [0.05, 0.1) is 0 Å². The van der Waals surface area contributed by atoms with Gasteiger partial charge in [-0.05, 0) is 52.0 Å². The lowest BCUT2D eigenvalue weighted by atomic mass is 9.98. The van der Waals surface area contributed by atoms with Gasteiger partial charge in [-0.15, -0.1) is 0 Å². The molecule has 0 saturated heterocycles. The van der Waals surface area contributed by atoms with Crippen LogP contribution in [-0.2, 0) is 26.1 Å². The lowest BCUT2D eigenvalue weighted by molar-refractivity contribution is 0.639. The second kappa shape index (κ2) is 5.65. The molecule has 0 bridgehead atoms. The van der Waals surface area contributed by atoms with Crippen LogP contribution in [0, 0.1) is 0 Å². The molecule has 1 aliphatic heterocycles. The Labute approximate surface area is 112 Å². The second-order valence-corrected chi connectivity index (χ2v) is 5.55. The molecule has 0 atom stereocenters. The molecule has 0 aliphatic carbocycles. The molecular weight excluding hydrogens is 240 g/mol. The number of thiophene rings is 1. The Morgan fingerprint density at radius 2 is 2.06 bits per heavy atom. The summed E-state index contributed by atoms with van der Waals surface area (Å²) in [5.74, 6) is 0. The molecule has 3 heteroatoms. The van der Waals surface area contributed by atoms with Crippen LogP contribution >= 0.6 is 11.3 Å². The Morgan fingerprint density at radius 1 is 1.11 bits per heavy atom. The van der Waals surface area contributed by atoms with E-state index >= 15 is 0 Å². The molecule has 0 unspecified atom stereocenters. The first-order chi connectivity index (χ1) is 8.92. The lowest BCUT2D eigenvalue weighted by Gasteiger charge is -2.18. The van der Waals surface area contributed by atoms with Crippen LogP contribution in [0.4, 0.5) is 0 Å². The zero-order valence-corrected chi connectivity index (χ0v) is 11.2. The summed E-state index contributed by atoms with van der Waals surface area (Å²) in [5.41, 5.74) is 5.73. The van der Waals surface area contributed by atoms with Crippen molar-refractivity contribution in [3.63, 3.8) is 0 Å². The van der Waals surface area contributed by atoms with Gasteiger partial charge in [0.25, 0.3) is 0 Å². The first-order valence-electron chi connectivity index (χ1n) is 6.45.